The summed E-state index contributed by atoms with van der Waals surface area (Å²) in [5, 5.41) is 6.67. The molecule has 0 aromatic carbocycles. The third-order valence-electron chi connectivity index (χ3n) is 5.28. The summed E-state index contributed by atoms with van der Waals surface area (Å²) < 4.78 is 0. The van der Waals surface area contributed by atoms with Gasteiger partial charge in [0.15, 0.2) is 5.96 Å². The van der Waals surface area contributed by atoms with E-state index in [-0.39, 0.29) is 47.8 Å². The molecule has 2 amide bonds. The first-order valence-corrected chi connectivity index (χ1v) is 10.5. The summed E-state index contributed by atoms with van der Waals surface area (Å²) in [7, 11) is 0. The summed E-state index contributed by atoms with van der Waals surface area (Å²) in [4.78, 5) is 33.0. The van der Waals surface area contributed by atoms with Gasteiger partial charge in [-0.15, -0.1) is 24.0 Å². The van der Waals surface area contributed by atoms with Crippen LogP contribution in [0.15, 0.2) is 4.99 Å². The van der Waals surface area contributed by atoms with Gasteiger partial charge in [0.2, 0.25) is 11.8 Å². The first-order valence-electron chi connectivity index (χ1n) is 10.5. The third-order valence-corrected chi connectivity index (χ3v) is 5.28. The highest BCUT2D eigenvalue weighted by Gasteiger charge is 2.28. The smallest absolute Gasteiger partial charge is 0.225 e. The zero-order chi connectivity index (χ0) is 19.8. The van der Waals surface area contributed by atoms with Crippen molar-refractivity contribution in [2.75, 3.05) is 39.3 Å². The van der Waals surface area contributed by atoms with E-state index in [0.717, 1.165) is 45.0 Å². The highest BCUT2D eigenvalue weighted by molar-refractivity contribution is 14.0. The maximum Gasteiger partial charge on any atom is 0.225 e. The number of carbonyl (C=O) groups is 2. The molecule has 2 fully saturated rings. The van der Waals surface area contributed by atoms with Gasteiger partial charge in [-0.05, 0) is 32.1 Å². The van der Waals surface area contributed by atoms with Crippen LogP contribution in [0.2, 0.25) is 0 Å². The van der Waals surface area contributed by atoms with Gasteiger partial charge in [-0.25, -0.2) is 0 Å². The fraction of sp³-hybridized carbons (Fsp3) is 0.850. The molecule has 0 spiro atoms. The second-order valence-electron chi connectivity index (χ2n) is 8.17. The van der Waals surface area contributed by atoms with E-state index in [1.54, 1.807) is 0 Å². The van der Waals surface area contributed by atoms with E-state index in [9.17, 15) is 9.59 Å². The Kier molecular flexibility index (Phi) is 11.1. The van der Waals surface area contributed by atoms with Crippen molar-refractivity contribution < 1.29 is 9.59 Å². The highest BCUT2D eigenvalue weighted by atomic mass is 127. The molecular weight excluding hydrogens is 469 g/mol. The fourth-order valence-corrected chi connectivity index (χ4v) is 3.79. The average Bonchev–Trinajstić information content (AvgIpc) is 3.09. The normalized spacial score (nSPS) is 22.8. The van der Waals surface area contributed by atoms with Crippen molar-refractivity contribution in [2.45, 2.75) is 59.4 Å². The highest BCUT2D eigenvalue weighted by Crippen LogP contribution is 2.16. The van der Waals surface area contributed by atoms with Crippen LogP contribution < -0.4 is 10.6 Å². The Bertz CT molecular complexity index is 541. The molecule has 7 nitrogen and oxygen atoms in total. The van der Waals surface area contributed by atoms with Crippen molar-refractivity contribution in [2.24, 2.45) is 16.8 Å². The number of guanidine groups is 1. The molecule has 2 heterocycles. The molecule has 0 radical (unpaired) electrons. The number of halogens is 1. The number of carbonyl (C=O) groups excluding carboxylic acids is 2. The lowest BCUT2D eigenvalue weighted by Crippen LogP contribution is -2.45. The molecule has 0 saturated carbocycles. The number of rotatable bonds is 6. The Labute approximate surface area is 187 Å². The summed E-state index contributed by atoms with van der Waals surface area (Å²) in [5.74, 6) is 1.79. The maximum absolute atomic E-state index is 12.4. The van der Waals surface area contributed by atoms with Crippen LogP contribution in [0, 0.1) is 11.8 Å². The number of nitrogens with one attached hydrogen (secondary N) is 2. The van der Waals surface area contributed by atoms with Crippen LogP contribution in [0.25, 0.3) is 0 Å². The average molecular weight is 507 g/mol. The number of aliphatic imine (C=N–C) groups is 1. The van der Waals surface area contributed by atoms with Gasteiger partial charge in [0, 0.05) is 51.1 Å². The minimum atomic E-state index is 0. The lowest BCUT2D eigenvalue weighted by Gasteiger charge is -2.30. The lowest BCUT2D eigenvalue weighted by atomic mass is 10.00. The zero-order valence-corrected chi connectivity index (χ0v) is 20.2. The Morgan fingerprint density at radius 1 is 1.14 bits per heavy atom. The van der Waals surface area contributed by atoms with Crippen molar-refractivity contribution in [3.8, 4) is 0 Å². The standard InChI is InChI=1S/C20H37N5O2.HI/c1-5-21-20(23-17-9-12-25(14-17)19(27)15(2)3)22-10-8-18(26)24-11-6-7-16(4)13-24;/h15-17H,5-14H2,1-4H3,(H2,21,22,23);1H. The lowest BCUT2D eigenvalue weighted by molar-refractivity contribution is -0.133. The molecule has 2 unspecified atom stereocenters. The van der Waals surface area contributed by atoms with E-state index < -0.39 is 0 Å². The number of hydrogen-bond acceptors (Lipinski definition) is 3. The molecule has 2 rings (SSSR count). The van der Waals surface area contributed by atoms with Gasteiger partial charge in [-0.3, -0.25) is 14.6 Å². The molecule has 2 N–H and O–H groups in total. The summed E-state index contributed by atoms with van der Waals surface area (Å²) >= 11 is 0. The second-order valence-corrected chi connectivity index (χ2v) is 8.17. The minimum absolute atomic E-state index is 0. The predicted molar refractivity (Wildman–Crippen MR) is 124 cm³/mol. The monoisotopic (exact) mass is 507 g/mol. The van der Waals surface area contributed by atoms with Gasteiger partial charge >= 0.3 is 0 Å². The molecular formula is C20H38IN5O2. The molecule has 0 bridgehead atoms. The van der Waals surface area contributed by atoms with Crippen LogP contribution in [0.1, 0.15) is 53.4 Å². The maximum atomic E-state index is 12.4. The van der Waals surface area contributed by atoms with E-state index in [4.69, 9.17) is 0 Å². The fourth-order valence-electron chi connectivity index (χ4n) is 3.79. The van der Waals surface area contributed by atoms with Crippen molar-refractivity contribution >= 4 is 41.8 Å². The number of piperidine rings is 1. The molecule has 162 valence electrons. The van der Waals surface area contributed by atoms with E-state index in [1.807, 2.05) is 30.6 Å². The Balaban J connectivity index is 0.00000392. The van der Waals surface area contributed by atoms with Crippen molar-refractivity contribution in [1.29, 1.82) is 0 Å². The molecule has 8 heteroatoms. The number of likely N-dealkylation sites (tertiary alicyclic amines) is 2. The van der Waals surface area contributed by atoms with Crippen molar-refractivity contribution in [3.05, 3.63) is 0 Å². The van der Waals surface area contributed by atoms with Crippen molar-refractivity contribution in [3.63, 3.8) is 0 Å². The van der Waals surface area contributed by atoms with Crippen molar-refractivity contribution in [1.82, 2.24) is 20.4 Å². The van der Waals surface area contributed by atoms with E-state index >= 15 is 0 Å². The van der Waals surface area contributed by atoms with Gasteiger partial charge in [-0.1, -0.05) is 20.8 Å². The molecule has 28 heavy (non-hydrogen) atoms. The predicted octanol–water partition coefficient (Wildman–Crippen LogP) is 2.06. The van der Waals surface area contributed by atoms with Gasteiger partial charge in [0.25, 0.3) is 0 Å². The molecule has 0 aliphatic carbocycles. The number of nitrogens with zero attached hydrogens (tertiary/aromatic N) is 3. The van der Waals surface area contributed by atoms with Gasteiger partial charge in [0.05, 0.1) is 6.54 Å². The quantitative estimate of drug-likeness (QED) is 0.328. The summed E-state index contributed by atoms with van der Waals surface area (Å²) in [6.07, 6.45) is 3.70. The largest absolute Gasteiger partial charge is 0.357 e. The van der Waals surface area contributed by atoms with E-state index in [2.05, 4.69) is 22.5 Å². The van der Waals surface area contributed by atoms with Gasteiger partial charge in [-0.2, -0.15) is 0 Å². The Morgan fingerprint density at radius 3 is 2.54 bits per heavy atom. The topological polar surface area (TPSA) is 77.0 Å². The summed E-state index contributed by atoms with van der Waals surface area (Å²) in [5.41, 5.74) is 0. The Hall–Kier alpha value is -1.06. The number of hydrogen-bond donors (Lipinski definition) is 2. The van der Waals surface area contributed by atoms with Gasteiger partial charge in [0.1, 0.15) is 0 Å². The molecule has 2 saturated heterocycles. The summed E-state index contributed by atoms with van der Waals surface area (Å²) in [6, 6.07) is 0.212. The molecule has 0 aromatic rings. The van der Waals surface area contributed by atoms with Crippen LogP contribution in [0.3, 0.4) is 0 Å². The molecule has 2 aliphatic heterocycles. The molecule has 2 atom stereocenters. The third kappa shape index (κ3) is 7.75. The first kappa shape index (κ1) is 25.0. The minimum Gasteiger partial charge on any atom is -0.357 e. The van der Waals surface area contributed by atoms with Crippen LogP contribution in [0.5, 0.6) is 0 Å². The van der Waals surface area contributed by atoms with E-state index in [0.29, 0.717) is 25.4 Å². The van der Waals surface area contributed by atoms with E-state index in [1.165, 1.54) is 6.42 Å². The van der Waals surface area contributed by atoms with Crippen LogP contribution in [-0.2, 0) is 9.59 Å². The van der Waals surface area contributed by atoms with Gasteiger partial charge < -0.3 is 20.4 Å². The van der Waals surface area contributed by atoms with Crippen LogP contribution in [0.4, 0.5) is 0 Å². The molecule has 2 aliphatic rings. The number of amides is 2. The first-order chi connectivity index (χ1) is 12.9. The Morgan fingerprint density at radius 2 is 1.89 bits per heavy atom. The SMILES string of the molecule is CCNC(=NCCC(=O)N1CCCC(C)C1)NC1CCN(C(=O)C(C)C)C1.I. The summed E-state index contributed by atoms with van der Waals surface area (Å²) in [6.45, 7) is 12.6. The van der Waals surface area contributed by atoms with Crippen LogP contribution >= 0.6 is 24.0 Å². The van der Waals surface area contributed by atoms with Crippen LogP contribution in [-0.4, -0.2) is 72.9 Å². The second kappa shape index (κ2) is 12.5. The zero-order valence-electron chi connectivity index (χ0n) is 17.9. The molecule has 0 aromatic heterocycles.